The third kappa shape index (κ3) is 4.39. The van der Waals surface area contributed by atoms with Gasteiger partial charge in [0.15, 0.2) is 0 Å². The first kappa shape index (κ1) is 26.6. The Kier molecular flexibility index (Phi) is 5.92. The summed E-state index contributed by atoms with van der Waals surface area (Å²) < 4.78 is 11.3. The Balaban J connectivity index is 1.05. The molecule has 0 spiro atoms. The molecule has 0 atom stereocenters. The minimum Gasteiger partial charge on any atom is -0.456 e. The average molecular weight is 639 g/mol. The van der Waals surface area contributed by atoms with Crippen LogP contribution in [0.3, 0.4) is 0 Å². The molecule has 0 saturated carbocycles. The van der Waals surface area contributed by atoms with Gasteiger partial charge in [-0.1, -0.05) is 60.7 Å². The summed E-state index contributed by atoms with van der Waals surface area (Å²) in [6, 6.07) is 54.3. The van der Waals surface area contributed by atoms with Gasteiger partial charge in [-0.3, -0.25) is 0 Å². The molecule has 0 aliphatic rings. The third-order valence-corrected chi connectivity index (χ3v) is 11.3. The van der Waals surface area contributed by atoms with Crippen molar-refractivity contribution in [2.75, 3.05) is 10.2 Å². The van der Waals surface area contributed by atoms with E-state index in [4.69, 9.17) is 4.42 Å². The van der Waals surface area contributed by atoms with Crippen molar-refractivity contribution < 1.29 is 4.42 Å². The molecule has 0 unspecified atom stereocenters. The highest BCUT2D eigenvalue weighted by atomic mass is 32.1. The van der Waals surface area contributed by atoms with Crippen LogP contribution in [0.5, 0.6) is 0 Å². The number of anilines is 5. The zero-order chi connectivity index (χ0) is 30.9. The van der Waals surface area contributed by atoms with Gasteiger partial charge in [0.1, 0.15) is 11.2 Å². The minimum atomic E-state index is 0.898. The van der Waals surface area contributed by atoms with Crippen molar-refractivity contribution in [2.45, 2.75) is 0 Å². The summed E-state index contributed by atoms with van der Waals surface area (Å²) >= 11 is 3.69. The summed E-state index contributed by atoms with van der Waals surface area (Å²) in [6.45, 7) is 0. The van der Waals surface area contributed by atoms with Crippen molar-refractivity contribution >= 4 is 113 Å². The fraction of sp³-hybridized carbons (Fsp3) is 0. The lowest BCUT2D eigenvalue weighted by atomic mass is 10.1. The van der Waals surface area contributed by atoms with Gasteiger partial charge in [0.2, 0.25) is 0 Å². The molecule has 10 aromatic rings. The first-order valence-electron chi connectivity index (χ1n) is 15.7. The molecule has 5 heteroatoms. The highest BCUT2D eigenvalue weighted by molar-refractivity contribution is 7.26. The lowest BCUT2D eigenvalue weighted by Crippen LogP contribution is -2.09. The van der Waals surface area contributed by atoms with Crippen LogP contribution >= 0.6 is 22.7 Å². The number of nitrogens with one attached hydrogen (secondary N) is 1. The van der Waals surface area contributed by atoms with Gasteiger partial charge in [-0.2, -0.15) is 0 Å². The Morgan fingerprint density at radius 2 is 0.979 bits per heavy atom. The predicted molar refractivity (Wildman–Crippen MR) is 204 cm³/mol. The maximum atomic E-state index is 6.15. The van der Waals surface area contributed by atoms with Gasteiger partial charge in [-0.25, -0.2) is 0 Å². The standard InChI is InChI=1S/C42H26N2OS2/c1-2-8-28(9-3-1)44(29-16-19-38-34(24-29)31-10-4-6-12-37(31)45-38)30-17-21-41-36(25-30)33-18-14-27(23-42(33)47-41)43-26-15-20-40-35(22-26)32-11-5-7-13-39(32)46-40/h1-25,43H. The maximum absolute atomic E-state index is 6.15. The van der Waals surface area contributed by atoms with Crippen LogP contribution in [0.25, 0.3) is 62.3 Å². The molecule has 3 aromatic heterocycles. The number of furan rings is 1. The summed E-state index contributed by atoms with van der Waals surface area (Å²) in [6.07, 6.45) is 0. The summed E-state index contributed by atoms with van der Waals surface area (Å²) in [4.78, 5) is 2.34. The van der Waals surface area contributed by atoms with Gasteiger partial charge in [-0.05, 0) is 91.0 Å². The average Bonchev–Trinajstić information content (AvgIpc) is 3.79. The normalized spacial score (nSPS) is 11.8. The molecule has 0 bridgehead atoms. The second-order valence-electron chi connectivity index (χ2n) is 11.9. The van der Waals surface area contributed by atoms with Crippen LogP contribution in [-0.2, 0) is 0 Å². The molecule has 0 saturated heterocycles. The molecule has 47 heavy (non-hydrogen) atoms. The van der Waals surface area contributed by atoms with E-state index in [0.29, 0.717) is 0 Å². The topological polar surface area (TPSA) is 28.4 Å². The second kappa shape index (κ2) is 10.5. The van der Waals surface area contributed by atoms with E-state index in [1.54, 1.807) is 0 Å². The predicted octanol–water partition coefficient (Wildman–Crippen LogP) is 13.5. The summed E-state index contributed by atoms with van der Waals surface area (Å²) in [5.41, 5.74) is 7.33. The van der Waals surface area contributed by atoms with Crippen LogP contribution < -0.4 is 10.2 Å². The zero-order valence-electron chi connectivity index (χ0n) is 25.1. The third-order valence-electron chi connectivity index (χ3n) is 9.01. The van der Waals surface area contributed by atoms with Crippen molar-refractivity contribution in [1.29, 1.82) is 0 Å². The van der Waals surface area contributed by atoms with Crippen molar-refractivity contribution in [2.24, 2.45) is 0 Å². The van der Waals surface area contributed by atoms with E-state index in [1.807, 2.05) is 34.8 Å². The number of benzene rings is 7. The molecule has 3 heterocycles. The van der Waals surface area contributed by atoms with Gasteiger partial charge >= 0.3 is 0 Å². The molecule has 0 radical (unpaired) electrons. The summed E-state index contributed by atoms with van der Waals surface area (Å²) in [5, 5.41) is 11.1. The van der Waals surface area contributed by atoms with E-state index >= 15 is 0 Å². The molecular formula is C42H26N2OS2. The molecule has 0 amide bonds. The van der Waals surface area contributed by atoms with E-state index < -0.39 is 0 Å². The lowest BCUT2D eigenvalue weighted by molar-refractivity contribution is 0.669. The molecule has 3 nitrogen and oxygen atoms in total. The molecule has 7 aromatic carbocycles. The molecule has 1 N–H and O–H groups in total. The summed E-state index contributed by atoms with van der Waals surface area (Å²) in [5.74, 6) is 0. The monoisotopic (exact) mass is 638 g/mol. The Hall–Kier alpha value is -5.62. The number of hydrogen-bond donors (Lipinski definition) is 1. The van der Waals surface area contributed by atoms with Crippen LogP contribution in [-0.4, -0.2) is 0 Å². The quantitative estimate of drug-likeness (QED) is 0.203. The Labute approximate surface area is 278 Å². The van der Waals surface area contributed by atoms with E-state index in [0.717, 1.165) is 50.4 Å². The molecule has 10 rings (SSSR count). The van der Waals surface area contributed by atoms with E-state index in [-0.39, 0.29) is 0 Å². The molecule has 222 valence electrons. The van der Waals surface area contributed by atoms with Crippen LogP contribution in [0.2, 0.25) is 0 Å². The Bertz CT molecular complexity index is 2790. The SMILES string of the molecule is c1ccc(N(c2ccc3oc4ccccc4c3c2)c2ccc3sc4cc(Nc5ccc6sc7ccccc7c6c5)ccc4c3c2)cc1. The highest BCUT2D eigenvalue weighted by Crippen LogP contribution is 2.43. The van der Waals surface area contributed by atoms with Crippen molar-refractivity contribution in [3.63, 3.8) is 0 Å². The number of para-hydroxylation sites is 2. The van der Waals surface area contributed by atoms with Crippen LogP contribution in [0.15, 0.2) is 156 Å². The second-order valence-corrected chi connectivity index (χ2v) is 14.0. The first-order chi connectivity index (χ1) is 23.2. The van der Waals surface area contributed by atoms with Crippen molar-refractivity contribution in [1.82, 2.24) is 0 Å². The first-order valence-corrected chi connectivity index (χ1v) is 17.3. The number of nitrogens with zero attached hydrogens (tertiary/aromatic N) is 1. The van der Waals surface area contributed by atoms with Gasteiger partial charge in [0.05, 0.1) is 0 Å². The van der Waals surface area contributed by atoms with Crippen LogP contribution in [0.1, 0.15) is 0 Å². The van der Waals surface area contributed by atoms with Crippen LogP contribution in [0.4, 0.5) is 28.4 Å². The number of fused-ring (bicyclic) bond motifs is 9. The lowest BCUT2D eigenvalue weighted by Gasteiger charge is -2.25. The van der Waals surface area contributed by atoms with Crippen LogP contribution in [0, 0.1) is 0 Å². The summed E-state index contributed by atoms with van der Waals surface area (Å²) in [7, 11) is 0. The fourth-order valence-corrected chi connectivity index (χ4v) is 9.04. The Morgan fingerprint density at radius 1 is 0.383 bits per heavy atom. The number of rotatable bonds is 5. The van der Waals surface area contributed by atoms with Gasteiger partial charge in [-0.15, -0.1) is 22.7 Å². The molecular weight excluding hydrogens is 613 g/mol. The van der Waals surface area contributed by atoms with Crippen molar-refractivity contribution in [3.05, 3.63) is 152 Å². The largest absolute Gasteiger partial charge is 0.456 e. The smallest absolute Gasteiger partial charge is 0.135 e. The van der Waals surface area contributed by atoms with E-state index in [9.17, 15) is 0 Å². The maximum Gasteiger partial charge on any atom is 0.135 e. The molecule has 0 aliphatic heterocycles. The number of hydrogen-bond acceptors (Lipinski definition) is 5. The van der Waals surface area contributed by atoms with E-state index in [1.165, 1.54) is 40.3 Å². The number of thiophene rings is 2. The fourth-order valence-electron chi connectivity index (χ4n) is 6.83. The van der Waals surface area contributed by atoms with Crippen molar-refractivity contribution in [3.8, 4) is 0 Å². The zero-order valence-corrected chi connectivity index (χ0v) is 26.7. The molecule has 0 fully saturated rings. The molecule has 0 aliphatic carbocycles. The highest BCUT2D eigenvalue weighted by Gasteiger charge is 2.17. The minimum absolute atomic E-state index is 0.898. The van der Waals surface area contributed by atoms with E-state index in [2.05, 4.69) is 150 Å². The van der Waals surface area contributed by atoms with Gasteiger partial charge in [0, 0.05) is 79.6 Å². The van der Waals surface area contributed by atoms with Gasteiger partial charge < -0.3 is 14.6 Å². The Morgan fingerprint density at radius 3 is 1.87 bits per heavy atom. The van der Waals surface area contributed by atoms with Gasteiger partial charge in [0.25, 0.3) is 0 Å².